The Kier molecular flexibility index (Phi) is 3.92. The van der Waals surface area contributed by atoms with Crippen LogP contribution in [0, 0.1) is 0 Å². The van der Waals surface area contributed by atoms with Crippen molar-refractivity contribution in [1.29, 1.82) is 0 Å². The summed E-state index contributed by atoms with van der Waals surface area (Å²) < 4.78 is 72.3. The summed E-state index contributed by atoms with van der Waals surface area (Å²) in [5, 5.41) is 9.21. The van der Waals surface area contributed by atoms with Gasteiger partial charge in [-0.15, -0.1) is 0 Å². The van der Waals surface area contributed by atoms with Gasteiger partial charge in [0.05, 0.1) is 5.56 Å². The molecule has 0 bridgehead atoms. The first-order valence-electron chi connectivity index (χ1n) is 4.71. The van der Waals surface area contributed by atoms with E-state index in [1.54, 1.807) is 0 Å². The molecular weight excluding hydrogens is 278 g/mol. The molecule has 1 rings (SSSR count). The summed E-state index contributed by atoms with van der Waals surface area (Å²) in [7, 11) is 0. The third-order valence-corrected chi connectivity index (χ3v) is 2.06. The number of benzene rings is 1. The van der Waals surface area contributed by atoms with Crippen LogP contribution in [0.5, 0.6) is 0 Å². The number of alkyl halides is 6. The third-order valence-electron chi connectivity index (χ3n) is 2.06. The molecule has 104 valence electrons. The average Bonchev–Trinajstić information content (AvgIpc) is 2.26. The topological polar surface area (TPSA) is 37.3 Å². The molecule has 1 N–H and O–H groups in total. The van der Waals surface area contributed by atoms with Gasteiger partial charge in [-0.2, -0.15) is 26.3 Å². The molecule has 0 saturated heterocycles. The number of rotatable bonds is 2. The van der Waals surface area contributed by atoms with Crippen molar-refractivity contribution in [2.24, 2.45) is 0 Å². The largest absolute Gasteiger partial charge is 0.507 e. The number of hydrogen-bond acceptors (Lipinski definition) is 2. The maximum Gasteiger partial charge on any atom is 0.454 e. The lowest BCUT2D eigenvalue weighted by Gasteiger charge is -2.07. The standard InChI is InChI=1S/C11H6F6O2/c12-10(13,14)7-3-1-6(2-4-7)8(18)5-9(19)11(15,16)17/h1-5,18H/b8-5-. The highest BCUT2D eigenvalue weighted by atomic mass is 19.4. The summed E-state index contributed by atoms with van der Waals surface area (Å²) in [5.74, 6) is -3.36. The molecule has 0 aliphatic heterocycles. The molecule has 0 saturated carbocycles. The van der Waals surface area contributed by atoms with Crippen molar-refractivity contribution in [3.63, 3.8) is 0 Å². The fraction of sp³-hybridized carbons (Fsp3) is 0.182. The second kappa shape index (κ2) is 4.94. The van der Waals surface area contributed by atoms with Gasteiger partial charge in [0.15, 0.2) is 0 Å². The molecule has 2 nitrogen and oxygen atoms in total. The van der Waals surface area contributed by atoms with Crippen molar-refractivity contribution < 1.29 is 36.2 Å². The van der Waals surface area contributed by atoms with Gasteiger partial charge < -0.3 is 5.11 Å². The second-order valence-electron chi connectivity index (χ2n) is 3.47. The number of carbonyl (C=O) groups excluding carboxylic acids is 1. The minimum absolute atomic E-state index is 0.0946. The molecule has 0 fully saturated rings. The van der Waals surface area contributed by atoms with E-state index in [2.05, 4.69) is 0 Å². The number of aliphatic hydroxyl groups is 1. The first-order chi connectivity index (χ1) is 8.51. The van der Waals surface area contributed by atoms with Gasteiger partial charge in [-0.25, -0.2) is 0 Å². The quantitative estimate of drug-likeness (QED) is 0.510. The molecule has 0 amide bonds. The van der Waals surface area contributed by atoms with Crippen molar-refractivity contribution >= 4 is 11.5 Å². The summed E-state index contributed by atoms with van der Waals surface area (Å²) in [4.78, 5) is 10.5. The molecule has 19 heavy (non-hydrogen) atoms. The van der Waals surface area contributed by atoms with Crippen LogP contribution in [-0.4, -0.2) is 17.1 Å². The highest BCUT2D eigenvalue weighted by Gasteiger charge is 2.37. The average molecular weight is 284 g/mol. The molecular formula is C11H6F6O2. The normalized spacial score (nSPS) is 13.5. The molecule has 0 spiro atoms. The van der Waals surface area contributed by atoms with E-state index in [0.717, 1.165) is 12.1 Å². The van der Waals surface area contributed by atoms with Crippen molar-refractivity contribution in [1.82, 2.24) is 0 Å². The van der Waals surface area contributed by atoms with Crippen LogP contribution < -0.4 is 0 Å². The number of allylic oxidation sites excluding steroid dienone is 1. The Hall–Kier alpha value is -1.99. The SMILES string of the molecule is O=C(/C=C(\O)c1ccc(C(F)(F)F)cc1)C(F)(F)F. The lowest BCUT2D eigenvalue weighted by atomic mass is 10.1. The van der Waals surface area contributed by atoms with Crippen molar-refractivity contribution in [2.45, 2.75) is 12.4 Å². The van der Waals surface area contributed by atoms with E-state index >= 15 is 0 Å². The Labute approximate surface area is 103 Å². The van der Waals surface area contributed by atoms with E-state index in [1.807, 2.05) is 0 Å². The molecule has 0 atom stereocenters. The molecule has 1 aromatic carbocycles. The van der Waals surface area contributed by atoms with Gasteiger partial charge in [-0.1, -0.05) is 12.1 Å². The highest BCUT2D eigenvalue weighted by molar-refractivity contribution is 5.99. The van der Waals surface area contributed by atoms with Gasteiger partial charge in [0.2, 0.25) is 0 Å². The molecule has 0 radical (unpaired) electrons. The van der Waals surface area contributed by atoms with E-state index < -0.39 is 29.5 Å². The van der Waals surface area contributed by atoms with Crippen molar-refractivity contribution in [3.05, 3.63) is 41.5 Å². The summed E-state index contributed by atoms with van der Waals surface area (Å²) >= 11 is 0. The van der Waals surface area contributed by atoms with E-state index in [-0.39, 0.29) is 11.6 Å². The minimum atomic E-state index is -5.15. The third kappa shape index (κ3) is 4.01. The maximum atomic E-state index is 12.2. The maximum absolute atomic E-state index is 12.2. The molecule has 0 aliphatic rings. The monoisotopic (exact) mass is 284 g/mol. The zero-order valence-electron chi connectivity index (χ0n) is 9.01. The number of ketones is 1. The Morgan fingerprint density at radius 1 is 1.00 bits per heavy atom. The van der Waals surface area contributed by atoms with Gasteiger partial charge in [-0.05, 0) is 12.1 Å². The van der Waals surface area contributed by atoms with Gasteiger partial charge in [0.25, 0.3) is 5.78 Å². The van der Waals surface area contributed by atoms with Crippen molar-refractivity contribution in [3.8, 4) is 0 Å². The molecule has 8 heteroatoms. The zero-order valence-corrected chi connectivity index (χ0v) is 9.01. The van der Waals surface area contributed by atoms with E-state index in [9.17, 15) is 36.2 Å². The Morgan fingerprint density at radius 2 is 1.47 bits per heavy atom. The van der Waals surface area contributed by atoms with Crippen LogP contribution in [0.2, 0.25) is 0 Å². The Balaban J connectivity index is 2.99. The Bertz CT molecular complexity index is 495. The Morgan fingerprint density at radius 3 is 1.84 bits per heavy atom. The van der Waals surface area contributed by atoms with Crippen LogP contribution in [0.3, 0.4) is 0 Å². The number of halogens is 6. The van der Waals surface area contributed by atoms with E-state index in [4.69, 9.17) is 0 Å². The lowest BCUT2D eigenvalue weighted by Crippen LogP contribution is -2.20. The first-order valence-corrected chi connectivity index (χ1v) is 4.71. The van der Waals surface area contributed by atoms with Gasteiger partial charge >= 0.3 is 12.4 Å². The predicted molar refractivity (Wildman–Crippen MR) is 53.1 cm³/mol. The number of carbonyl (C=O) groups is 1. The molecule has 0 heterocycles. The smallest absolute Gasteiger partial charge is 0.454 e. The van der Waals surface area contributed by atoms with Crippen LogP contribution in [0.4, 0.5) is 26.3 Å². The molecule has 0 aromatic heterocycles. The minimum Gasteiger partial charge on any atom is -0.507 e. The van der Waals surface area contributed by atoms with E-state index in [1.165, 1.54) is 0 Å². The summed E-state index contributed by atoms with van der Waals surface area (Å²) in [6, 6.07) is 2.69. The van der Waals surface area contributed by atoms with Gasteiger partial charge in [0.1, 0.15) is 5.76 Å². The summed E-state index contributed by atoms with van der Waals surface area (Å²) in [6.45, 7) is 0. The lowest BCUT2D eigenvalue weighted by molar-refractivity contribution is -0.165. The van der Waals surface area contributed by atoms with Gasteiger partial charge in [0, 0.05) is 11.6 Å². The van der Waals surface area contributed by atoms with Crippen LogP contribution in [0.15, 0.2) is 30.3 Å². The van der Waals surface area contributed by atoms with Crippen LogP contribution in [0.25, 0.3) is 5.76 Å². The second-order valence-corrected chi connectivity index (χ2v) is 3.47. The van der Waals surface area contributed by atoms with Crippen LogP contribution >= 0.6 is 0 Å². The van der Waals surface area contributed by atoms with Crippen LogP contribution in [0.1, 0.15) is 11.1 Å². The predicted octanol–water partition coefficient (Wildman–Crippen LogP) is 3.74. The van der Waals surface area contributed by atoms with Crippen LogP contribution in [-0.2, 0) is 11.0 Å². The molecule has 0 aliphatic carbocycles. The molecule has 1 aromatic rings. The number of hydrogen-bond donors (Lipinski definition) is 1. The summed E-state index contributed by atoms with van der Waals surface area (Å²) in [5.41, 5.74) is -1.35. The van der Waals surface area contributed by atoms with Crippen molar-refractivity contribution in [2.75, 3.05) is 0 Å². The summed E-state index contributed by atoms with van der Waals surface area (Å²) in [6.07, 6.45) is -9.85. The van der Waals surface area contributed by atoms with E-state index in [0.29, 0.717) is 12.1 Å². The highest BCUT2D eigenvalue weighted by Crippen LogP contribution is 2.30. The zero-order chi connectivity index (χ0) is 14.8. The number of aliphatic hydroxyl groups excluding tert-OH is 1. The van der Waals surface area contributed by atoms with Gasteiger partial charge in [-0.3, -0.25) is 4.79 Å². The molecule has 0 unspecified atom stereocenters. The fourth-order valence-electron chi connectivity index (χ4n) is 1.12. The fourth-order valence-corrected chi connectivity index (χ4v) is 1.12. The first kappa shape index (κ1) is 15.1.